The third kappa shape index (κ3) is 4.96. The van der Waals surface area contributed by atoms with Gasteiger partial charge >= 0.3 is 0 Å². The highest BCUT2D eigenvalue weighted by Crippen LogP contribution is 2.25. The molecule has 1 fully saturated rings. The number of hydrogen-bond acceptors (Lipinski definition) is 6. The van der Waals surface area contributed by atoms with Crippen LogP contribution in [0.5, 0.6) is 0 Å². The van der Waals surface area contributed by atoms with E-state index in [-0.39, 0.29) is 23.6 Å². The van der Waals surface area contributed by atoms with Gasteiger partial charge in [0.2, 0.25) is 0 Å². The fourth-order valence-corrected chi connectivity index (χ4v) is 4.24. The molecule has 2 N–H and O–H groups in total. The van der Waals surface area contributed by atoms with Crippen LogP contribution in [0.25, 0.3) is 0 Å². The van der Waals surface area contributed by atoms with E-state index in [9.17, 15) is 9.59 Å². The average Bonchev–Trinajstić information content (AvgIpc) is 3.50. The van der Waals surface area contributed by atoms with Crippen LogP contribution in [0.1, 0.15) is 31.8 Å². The Balaban J connectivity index is 1.36. The molecule has 3 aromatic rings. The lowest BCUT2D eigenvalue weighted by atomic mass is 10.1. The molecule has 2 aromatic heterocycles. The van der Waals surface area contributed by atoms with Gasteiger partial charge in [-0.1, -0.05) is 6.07 Å². The summed E-state index contributed by atoms with van der Waals surface area (Å²) in [4.78, 5) is 28.3. The van der Waals surface area contributed by atoms with Gasteiger partial charge in [0, 0.05) is 35.8 Å². The lowest BCUT2D eigenvalue weighted by Gasteiger charge is -2.34. The van der Waals surface area contributed by atoms with E-state index >= 15 is 0 Å². The third-order valence-electron chi connectivity index (χ3n) is 4.96. The number of nitrogens with zero attached hydrogens (tertiary/aromatic N) is 1. The van der Waals surface area contributed by atoms with E-state index in [1.54, 1.807) is 47.7 Å². The molecule has 0 radical (unpaired) electrons. The Labute approximate surface area is 178 Å². The highest BCUT2D eigenvalue weighted by atomic mass is 32.1. The fourth-order valence-electron chi connectivity index (χ4n) is 3.38. The first-order valence-electron chi connectivity index (χ1n) is 9.79. The van der Waals surface area contributed by atoms with E-state index in [2.05, 4.69) is 27.0 Å². The number of nitrogens with one attached hydrogen (secondary N) is 2. The van der Waals surface area contributed by atoms with Crippen LogP contribution in [-0.4, -0.2) is 49.6 Å². The minimum absolute atomic E-state index is 0.129. The quantitative estimate of drug-likeness (QED) is 0.606. The maximum Gasteiger partial charge on any atom is 0.291 e. The van der Waals surface area contributed by atoms with Crippen molar-refractivity contribution in [1.29, 1.82) is 0 Å². The van der Waals surface area contributed by atoms with Crippen LogP contribution in [0.3, 0.4) is 0 Å². The van der Waals surface area contributed by atoms with Gasteiger partial charge in [0.1, 0.15) is 0 Å². The molecular formula is C22H23N3O4S. The SMILES string of the molecule is O=C(NCC(c1cccs1)N1CCOCC1)c1ccc(NC(=O)c2ccco2)cc1. The maximum absolute atomic E-state index is 12.7. The van der Waals surface area contributed by atoms with Crippen LogP contribution in [0, 0.1) is 0 Å². The summed E-state index contributed by atoms with van der Waals surface area (Å²) in [5.41, 5.74) is 1.13. The molecule has 0 saturated carbocycles. The van der Waals surface area contributed by atoms with Crippen molar-refractivity contribution in [2.45, 2.75) is 6.04 Å². The summed E-state index contributed by atoms with van der Waals surface area (Å²) in [6.45, 7) is 3.64. The van der Waals surface area contributed by atoms with Gasteiger partial charge in [-0.25, -0.2) is 0 Å². The predicted octanol–water partition coefficient (Wildman–Crippen LogP) is 3.40. The number of anilines is 1. The van der Waals surface area contributed by atoms with Crippen LogP contribution < -0.4 is 10.6 Å². The maximum atomic E-state index is 12.7. The molecule has 0 bridgehead atoms. The van der Waals surface area contributed by atoms with Crippen molar-refractivity contribution in [3.8, 4) is 0 Å². The molecule has 3 heterocycles. The molecule has 1 unspecified atom stereocenters. The molecule has 0 spiro atoms. The Kier molecular flexibility index (Phi) is 6.58. The number of carbonyl (C=O) groups excluding carboxylic acids is 2. The number of rotatable bonds is 7. The smallest absolute Gasteiger partial charge is 0.291 e. The molecule has 1 aliphatic rings. The summed E-state index contributed by atoms with van der Waals surface area (Å²) >= 11 is 1.70. The predicted molar refractivity (Wildman–Crippen MR) is 115 cm³/mol. The Morgan fingerprint density at radius 1 is 1.03 bits per heavy atom. The molecule has 1 aliphatic heterocycles. The molecule has 1 aromatic carbocycles. The average molecular weight is 426 g/mol. The summed E-state index contributed by atoms with van der Waals surface area (Å²) in [6, 6.07) is 14.3. The van der Waals surface area contributed by atoms with Gasteiger partial charge in [-0.2, -0.15) is 0 Å². The van der Waals surface area contributed by atoms with Crippen LogP contribution in [0.15, 0.2) is 64.6 Å². The van der Waals surface area contributed by atoms with Gasteiger partial charge < -0.3 is 19.8 Å². The van der Waals surface area contributed by atoms with Gasteiger partial charge in [-0.15, -0.1) is 11.3 Å². The Morgan fingerprint density at radius 2 is 1.83 bits per heavy atom. The number of thiophene rings is 1. The molecule has 4 rings (SSSR count). The second kappa shape index (κ2) is 9.71. The molecule has 156 valence electrons. The summed E-state index contributed by atoms with van der Waals surface area (Å²) in [5.74, 6) is -0.241. The topological polar surface area (TPSA) is 83.8 Å². The van der Waals surface area contributed by atoms with Crippen molar-refractivity contribution in [3.63, 3.8) is 0 Å². The third-order valence-corrected chi connectivity index (χ3v) is 5.94. The lowest BCUT2D eigenvalue weighted by molar-refractivity contribution is 0.0169. The minimum atomic E-state index is -0.332. The monoisotopic (exact) mass is 425 g/mol. The highest BCUT2D eigenvalue weighted by molar-refractivity contribution is 7.10. The number of hydrogen-bond donors (Lipinski definition) is 2. The number of furan rings is 1. The van der Waals surface area contributed by atoms with Crippen molar-refractivity contribution in [1.82, 2.24) is 10.2 Å². The van der Waals surface area contributed by atoms with E-state index < -0.39 is 0 Å². The first-order valence-corrected chi connectivity index (χ1v) is 10.7. The fraction of sp³-hybridized carbons (Fsp3) is 0.273. The van der Waals surface area contributed by atoms with Gasteiger partial charge in [0.15, 0.2) is 5.76 Å². The zero-order valence-electron chi connectivity index (χ0n) is 16.4. The molecule has 7 nitrogen and oxygen atoms in total. The van der Waals surface area contributed by atoms with Crippen molar-refractivity contribution in [2.24, 2.45) is 0 Å². The Hall–Kier alpha value is -2.94. The van der Waals surface area contributed by atoms with Crippen LogP contribution in [0.2, 0.25) is 0 Å². The molecule has 1 saturated heterocycles. The number of carbonyl (C=O) groups is 2. The minimum Gasteiger partial charge on any atom is -0.459 e. The zero-order valence-corrected chi connectivity index (χ0v) is 17.2. The largest absolute Gasteiger partial charge is 0.459 e. The highest BCUT2D eigenvalue weighted by Gasteiger charge is 2.24. The first-order chi connectivity index (χ1) is 14.7. The van der Waals surface area contributed by atoms with Crippen molar-refractivity contribution in [2.75, 3.05) is 38.2 Å². The van der Waals surface area contributed by atoms with Crippen molar-refractivity contribution < 1.29 is 18.7 Å². The lowest BCUT2D eigenvalue weighted by Crippen LogP contribution is -2.43. The van der Waals surface area contributed by atoms with E-state index in [4.69, 9.17) is 9.15 Å². The van der Waals surface area contributed by atoms with Crippen LogP contribution in [-0.2, 0) is 4.74 Å². The van der Waals surface area contributed by atoms with Gasteiger partial charge in [0.25, 0.3) is 11.8 Å². The summed E-state index contributed by atoms with van der Waals surface area (Å²) in [6.07, 6.45) is 1.45. The molecule has 30 heavy (non-hydrogen) atoms. The van der Waals surface area contributed by atoms with E-state index in [1.807, 2.05) is 6.07 Å². The van der Waals surface area contributed by atoms with E-state index in [0.29, 0.717) is 31.0 Å². The number of ether oxygens (including phenoxy) is 1. The Morgan fingerprint density at radius 3 is 2.50 bits per heavy atom. The number of amides is 2. The summed E-state index contributed by atoms with van der Waals surface area (Å²) in [5, 5.41) is 7.85. The summed E-state index contributed by atoms with van der Waals surface area (Å²) in [7, 11) is 0. The number of benzene rings is 1. The van der Waals surface area contributed by atoms with Gasteiger partial charge in [-0.05, 0) is 47.8 Å². The zero-order chi connectivity index (χ0) is 20.8. The molecule has 2 amide bonds. The second-order valence-corrected chi connectivity index (χ2v) is 7.88. The molecule has 1 atom stereocenters. The number of morpholine rings is 1. The molecule has 0 aliphatic carbocycles. The van der Waals surface area contributed by atoms with E-state index in [1.165, 1.54) is 11.1 Å². The van der Waals surface area contributed by atoms with Gasteiger partial charge in [-0.3, -0.25) is 14.5 Å². The first kappa shape index (κ1) is 20.3. The van der Waals surface area contributed by atoms with Crippen molar-refractivity contribution in [3.05, 3.63) is 76.4 Å². The molecule has 8 heteroatoms. The van der Waals surface area contributed by atoms with Crippen molar-refractivity contribution >= 4 is 28.8 Å². The summed E-state index contributed by atoms with van der Waals surface area (Å²) < 4.78 is 10.5. The Bertz CT molecular complexity index is 949. The normalized spacial score (nSPS) is 15.5. The van der Waals surface area contributed by atoms with Crippen LogP contribution >= 0.6 is 11.3 Å². The van der Waals surface area contributed by atoms with Gasteiger partial charge in [0.05, 0.1) is 25.5 Å². The molecular weight excluding hydrogens is 402 g/mol. The second-order valence-electron chi connectivity index (χ2n) is 6.90. The standard InChI is InChI=1S/C22H23N3O4S/c26-21(16-5-7-17(8-6-16)24-22(27)19-3-1-11-29-19)23-15-18(20-4-2-14-30-20)25-9-12-28-13-10-25/h1-8,11,14,18H,9-10,12-13,15H2,(H,23,26)(H,24,27). The van der Waals surface area contributed by atoms with E-state index in [0.717, 1.165) is 13.1 Å². The van der Waals surface area contributed by atoms with Crippen LogP contribution in [0.4, 0.5) is 5.69 Å².